The second-order valence-corrected chi connectivity index (χ2v) is 9.07. The molecule has 0 radical (unpaired) electrons. The molecule has 1 aliphatic carbocycles. The van der Waals surface area contributed by atoms with E-state index in [2.05, 4.69) is 31.9 Å². The molecule has 0 spiro atoms. The van der Waals surface area contributed by atoms with Gasteiger partial charge in [0.2, 0.25) is 0 Å². The molecule has 1 saturated heterocycles. The van der Waals surface area contributed by atoms with E-state index in [1.165, 1.54) is 18.9 Å². The minimum Gasteiger partial charge on any atom is -0.467 e. The summed E-state index contributed by atoms with van der Waals surface area (Å²) in [5, 5.41) is 9.33. The fourth-order valence-electron chi connectivity index (χ4n) is 3.80. The third kappa shape index (κ3) is 4.13. The van der Waals surface area contributed by atoms with Crippen molar-refractivity contribution in [1.29, 1.82) is 0 Å². The van der Waals surface area contributed by atoms with Gasteiger partial charge in [0.1, 0.15) is 18.8 Å². The molecule has 2 aromatic heterocycles. The van der Waals surface area contributed by atoms with Crippen LogP contribution in [0.1, 0.15) is 39.7 Å². The van der Waals surface area contributed by atoms with Crippen LogP contribution in [0, 0.1) is 0 Å². The maximum atomic E-state index is 11.6. The van der Waals surface area contributed by atoms with Gasteiger partial charge in [0.15, 0.2) is 27.3 Å². The van der Waals surface area contributed by atoms with Gasteiger partial charge < -0.3 is 18.9 Å². The van der Waals surface area contributed by atoms with Crippen LogP contribution in [0.25, 0.3) is 11.2 Å². The van der Waals surface area contributed by atoms with E-state index in [1.54, 1.807) is 4.68 Å². The van der Waals surface area contributed by atoms with Crippen molar-refractivity contribution in [3.63, 3.8) is 0 Å². The molecule has 30 heavy (non-hydrogen) atoms. The van der Waals surface area contributed by atoms with Crippen molar-refractivity contribution in [3.8, 4) is 0 Å². The monoisotopic (exact) mass is 457 g/mol. The predicted octanol–water partition coefficient (Wildman–Crippen LogP) is 2.40. The van der Waals surface area contributed by atoms with Gasteiger partial charge in [-0.3, -0.25) is 0 Å². The van der Waals surface area contributed by atoms with Gasteiger partial charge in [-0.1, -0.05) is 35.5 Å². The van der Waals surface area contributed by atoms with Crippen LogP contribution in [0.15, 0.2) is 5.16 Å². The fourth-order valence-corrected chi connectivity index (χ4v) is 4.75. The molecule has 10 nitrogen and oxygen atoms in total. The van der Waals surface area contributed by atoms with Gasteiger partial charge >= 0.3 is 5.97 Å². The molecule has 0 N–H and O–H groups in total. The molecule has 0 amide bonds. The highest BCUT2D eigenvalue weighted by Crippen LogP contribution is 2.45. The highest BCUT2D eigenvalue weighted by atomic mass is 35.5. The Kier molecular flexibility index (Phi) is 6.18. The minimum atomic E-state index is -0.786. The minimum absolute atomic E-state index is 0.162. The Labute approximate surface area is 182 Å². The van der Waals surface area contributed by atoms with Crippen molar-refractivity contribution in [3.05, 3.63) is 5.15 Å². The SMILES string of the molecule is CCCSc1nc(Cl)c2nnn([C@@H]3C[C@H](OCC(=O)OC)[C@H]4OC(C)(C)OC34)c2n1. The first-order valence-electron chi connectivity index (χ1n) is 9.78. The van der Waals surface area contributed by atoms with Gasteiger partial charge in [0.25, 0.3) is 0 Å². The summed E-state index contributed by atoms with van der Waals surface area (Å²) in [5.41, 5.74) is 0.977. The number of thioether (sulfide) groups is 1. The van der Waals surface area contributed by atoms with Crippen molar-refractivity contribution in [2.24, 2.45) is 0 Å². The van der Waals surface area contributed by atoms with Crippen LogP contribution in [0.4, 0.5) is 0 Å². The Hall–Kier alpha value is -1.53. The lowest BCUT2D eigenvalue weighted by atomic mass is 10.2. The summed E-state index contributed by atoms with van der Waals surface area (Å²) in [7, 11) is 1.32. The van der Waals surface area contributed by atoms with Gasteiger partial charge in [-0.15, -0.1) is 5.10 Å². The third-order valence-corrected chi connectivity index (χ3v) is 6.35. The van der Waals surface area contributed by atoms with Crippen LogP contribution < -0.4 is 0 Å². The molecule has 0 bridgehead atoms. The predicted molar refractivity (Wildman–Crippen MR) is 108 cm³/mol. The highest BCUT2D eigenvalue weighted by Gasteiger charge is 2.56. The van der Waals surface area contributed by atoms with Gasteiger partial charge in [0, 0.05) is 12.2 Å². The van der Waals surface area contributed by atoms with Crippen molar-refractivity contribution < 1.29 is 23.7 Å². The topological polar surface area (TPSA) is 110 Å². The van der Waals surface area contributed by atoms with Crippen LogP contribution in [0.2, 0.25) is 5.15 Å². The van der Waals surface area contributed by atoms with Gasteiger partial charge in [-0.05, 0) is 20.3 Å². The standard InChI is InChI=1S/C18H24ClN5O5S/c1-5-6-30-17-20-15(19)12-16(21-17)24(23-22-12)9-7-10(27-8-11(25)26-4)14-13(9)28-18(2,3)29-14/h9-10,13-14H,5-8H2,1-4H3/t9-,10+,13?,14-/m1/s1. The van der Waals surface area contributed by atoms with Crippen LogP contribution in [-0.2, 0) is 23.7 Å². The number of ether oxygens (including phenoxy) is 4. The Morgan fingerprint density at radius 1 is 1.33 bits per heavy atom. The first kappa shape index (κ1) is 21.7. The molecule has 2 aromatic rings. The van der Waals surface area contributed by atoms with E-state index in [0.717, 1.165) is 12.2 Å². The average Bonchev–Trinajstić information content (AvgIpc) is 3.35. The van der Waals surface area contributed by atoms with E-state index in [0.29, 0.717) is 22.7 Å². The molecule has 1 saturated carbocycles. The molecule has 12 heteroatoms. The number of carbonyl (C=O) groups excluding carboxylic acids is 1. The highest BCUT2D eigenvalue weighted by molar-refractivity contribution is 7.99. The van der Waals surface area contributed by atoms with Gasteiger partial charge in [-0.2, -0.15) is 0 Å². The van der Waals surface area contributed by atoms with E-state index < -0.39 is 11.8 Å². The summed E-state index contributed by atoms with van der Waals surface area (Å²) in [6.45, 7) is 5.62. The Balaban J connectivity index is 1.66. The number of aromatic nitrogens is 5. The number of hydrogen-bond donors (Lipinski definition) is 0. The summed E-state index contributed by atoms with van der Waals surface area (Å²) in [4.78, 5) is 20.5. The number of methoxy groups -OCH3 is 1. The van der Waals surface area contributed by atoms with Crippen molar-refractivity contribution in [2.75, 3.05) is 19.5 Å². The molecule has 164 valence electrons. The maximum absolute atomic E-state index is 11.6. The van der Waals surface area contributed by atoms with Crippen LogP contribution in [0.5, 0.6) is 0 Å². The van der Waals surface area contributed by atoms with E-state index in [-0.39, 0.29) is 36.1 Å². The van der Waals surface area contributed by atoms with E-state index in [1.807, 2.05) is 13.8 Å². The number of hydrogen-bond acceptors (Lipinski definition) is 10. The van der Waals surface area contributed by atoms with E-state index in [9.17, 15) is 4.79 Å². The summed E-state index contributed by atoms with van der Waals surface area (Å²) < 4.78 is 24.4. The Morgan fingerprint density at radius 3 is 2.83 bits per heavy atom. The van der Waals surface area contributed by atoms with E-state index in [4.69, 9.17) is 25.8 Å². The Morgan fingerprint density at radius 2 is 2.10 bits per heavy atom. The zero-order chi connectivity index (χ0) is 21.5. The molecule has 0 aromatic carbocycles. The quantitative estimate of drug-likeness (QED) is 0.266. The molecule has 2 fully saturated rings. The van der Waals surface area contributed by atoms with Gasteiger partial charge in [0.05, 0.1) is 19.3 Å². The lowest BCUT2D eigenvalue weighted by molar-refractivity contribution is -0.173. The molecule has 1 unspecified atom stereocenters. The second kappa shape index (κ2) is 8.54. The second-order valence-electron chi connectivity index (χ2n) is 7.65. The van der Waals surface area contributed by atoms with Crippen LogP contribution >= 0.6 is 23.4 Å². The Bertz CT molecular complexity index is 941. The number of halogens is 1. The van der Waals surface area contributed by atoms with Crippen molar-refractivity contribution in [2.45, 2.75) is 68.9 Å². The molecule has 3 heterocycles. The summed E-state index contributed by atoms with van der Waals surface area (Å²) >= 11 is 7.86. The average molecular weight is 458 g/mol. The first-order valence-corrected chi connectivity index (χ1v) is 11.1. The maximum Gasteiger partial charge on any atom is 0.331 e. The zero-order valence-electron chi connectivity index (χ0n) is 17.2. The van der Waals surface area contributed by atoms with Crippen LogP contribution in [-0.4, -0.2) is 74.5 Å². The summed E-state index contributed by atoms with van der Waals surface area (Å²) in [5.74, 6) is -0.352. The third-order valence-electron chi connectivity index (χ3n) is 5.04. The number of nitrogens with zero attached hydrogens (tertiary/aromatic N) is 5. The lowest BCUT2D eigenvalue weighted by Gasteiger charge is -2.23. The van der Waals surface area contributed by atoms with Gasteiger partial charge in [-0.25, -0.2) is 19.4 Å². The molecule has 4 rings (SSSR count). The number of rotatable bonds is 7. The molecule has 1 aliphatic heterocycles. The first-order chi connectivity index (χ1) is 14.3. The van der Waals surface area contributed by atoms with Crippen molar-refractivity contribution >= 4 is 40.5 Å². The largest absolute Gasteiger partial charge is 0.467 e. The summed E-state index contributed by atoms with van der Waals surface area (Å²) in [6.07, 6.45) is 0.437. The van der Waals surface area contributed by atoms with E-state index >= 15 is 0 Å². The smallest absolute Gasteiger partial charge is 0.331 e. The van der Waals surface area contributed by atoms with Crippen molar-refractivity contribution in [1.82, 2.24) is 25.0 Å². The lowest BCUT2D eigenvalue weighted by Crippen LogP contribution is -2.32. The summed E-state index contributed by atoms with van der Waals surface area (Å²) in [6, 6.07) is -0.251. The molecule has 4 atom stereocenters. The normalized spacial score (nSPS) is 27.5. The molecule has 2 aliphatic rings. The fraction of sp³-hybridized carbons (Fsp3) is 0.722. The molecular formula is C18H24ClN5O5S. The van der Waals surface area contributed by atoms with Crippen LogP contribution in [0.3, 0.4) is 0 Å². The number of fused-ring (bicyclic) bond motifs is 2. The zero-order valence-corrected chi connectivity index (χ0v) is 18.8. The number of carbonyl (C=O) groups is 1. The number of esters is 1. The molecular weight excluding hydrogens is 434 g/mol.